The molecule has 1 unspecified atom stereocenters. The first-order chi connectivity index (χ1) is 5.60. The Morgan fingerprint density at radius 1 is 1.58 bits per heavy atom. The zero-order chi connectivity index (χ0) is 9.19. The van der Waals surface area contributed by atoms with E-state index < -0.39 is 11.7 Å². The maximum atomic E-state index is 10.3. The van der Waals surface area contributed by atoms with Gasteiger partial charge in [-0.25, -0.2) is 0 Å². The van der Waals surface area contributed by atoms with Gasteiger partial charge in [-0.1, -0.05) is 24.8 Å². The summed E-state index contributed by atoms with van der Waals surface area (Å²) in [5.41, 5.74) is 0.595. The van der Waals surface area contributed by atoms with Gasteiger partial charge < -0.3 is 15.0 Å². The van der Waals surface area contributed by atoms with Crippen molar-refractivity contribution in [3.8, 4) is 0 Å². The van der Waals surface area contributed by atoms with Crippen molar-refractivity contribution in [2.45, 2.75) is 5.79 Å². The number of aldehydes is 1. The largest absolute Gasteiger partial charge is 0.362 e. The summed E-state index contributed by atoms with van der Waals surface area (Å²) < 4.78 is 0. The third kappa shape index (κ3) is 1.52. The first-order valence-corrected chi connectivity index (χ1v) is 3.53. The molecule has 12 heavy (non-hydrogen) atoms. The minimum Gasteiger partial charge on any atom is -0.362 e. The van der Waals surface area contributed by atoms with Crippen LogP contribution in [0.4, 0.5) is 0 Å². The number of allylic oxidation sites excluding steroid dienone is 3. The molecule has 0 aromatic carbocycles. The lowest BCUT2D eigenvalue weighted by Gasteiger charge is -2.25. The summed E-state index contributed by atoms with van der Waals surface area (Å²) >= 11 is 0. The SMILES string of the molecule is C=CC1=CC(O)(O)C(C=O)C=C1. The molecule has 2 N–H and O–H groups in total. The second kappa shape index (κ2) is 3.05. The van der Waals surface area contributed by atoms with Crippen LogP contribution >= 0.6 is 0 Å². The van der Waals surface area contributed by atoms with Gasteiger partial charge in [0, 0.05) is 0 Å². The Morgan fingerprint density at radius 2 is 2.25 bits per heavy atom. The molecule has 0 fully saturated rings. The van der Waals surface area contributed by atoms with Gasteiger partial charge in [0.15, 0.2) is 5.79 Å². The lowest BCUT2D eigenvalue weighted by Crippen LogP contribution is -2.37. The predicted octanol–water partition coefficient (Wildman–Crippen LogP) is 0.165. The molecular formula is C9H10O3. The van der Waals surface area contributed by atoms with Gasteiger partial charge in [0.05, 0.1) is 5.92 Å². The molecule has 0 radical (unpaired) electrons. The molecule has 1 aliphatic rings. The highest BCUT2D eigenvalue weighted by molar-refractivity contribution is 5.61. The van der Waals surface area contributed by atoms with Crippen LogP contribution in [0.15, 0.2) is 36.5 Å². The van der Waals surface area contributed by atoms with E-state index in [0.29, 0.717) is 11.9 Å². The average Bonchev–Trinajstić information content (AvgIpc) is 2.02. The molecule has 0 amide bonds. The van der Waals surface area contributed by atoms with E-state index in [9.17, 15) is 15.0 Å². The smallest absolute Gasteiger partial charge is 0.196 e. The van der Waals surface area contributed by atoms with E-state index in [-0.39, 0.29) is 0 Å². The molecule has 0 saturated heterocycles. The predicted molar refractivity (Wildman–Crippen MR) is 44.1 cm³/mol. The molecule has 3 heteroatoms. The number of carbonyl (C=O) groups excluding carboxylic acids is 1. The lowest BCUT2D eigenvalue weighted by molar-refractivity contribution is -0.154. The van der Waals surface area contributed by atoms with Gasteiger partial charge in [-0.15, -0.1) is 0 Å². The maximum absolute atomic E-state index is 10.3. The highest BCUT2D eigenvalue weighted by Crippen LogP contribution is 2.23. The molecular weight excluding hydrogens is 156 g/mol. The summed E-state index contributed by atoms with van der Waals surface area (Å²) in [6.07, 6.45) is 6.23. The molecule has 0 bridgehead atoms. The van der Waals surface area contributed by atoms with E-state index in [2.05, 4.69) is 6.58 Å². The van der Waals surface area contributed by atoms with E-state index in [1.54, 1.807) is 6.08 Å². The maximum Gasteiger partial charge on any atom is 0.196 e. The minimum absolute atomic E-state index is 0.493. The second-order valence-electron chi connectivity index (χ2n) is 2.65. The molecule has 64 valence electrons. The number of hydrogen-bond acceptors (Lipinski definition) is 3. The molecule has 0 heterocycles. The Bertz CT molecular complexity index is 261. The van der Waals surface area contributed by atoms with Crippen molar-refractivity contribution in [3.63, 3.8) is 0 Å². The van der Waals surface area contributed by atoms with Crippen molar-refractivity contribution in [1.29, 1.82) is 0 Å². The van der Waals surface area contributed by atoms with Crippen molar-refractivity contribution in [2.75, 3.05) is 0 Å². The van der Waals surface area contributed by atoms with E-state index in [0.717, 1.165) is 0 Å². The zero-order valence-corrected chi connectivity index (χ0v) is 6.47. The number of rotatable bonds is 2. The lowest BCUT2D eigenvalue weighted by atomic mass is 9.92. The van der Waals surface area contributed by atoms with Gasteiger partial charge in [0.25, 0.3) is 0 Å². The highest BCUT2D eigenvalue weighted by atomic mass is 16.5. The van der Waals surface area contributed by atoms with Crippen LogP contribution in [0.3, 0.4) is 0 Å². The molecule has 1 atom stereocenters. The summed E-state index contributed by atoms with van der Waals surface area (Å²) in [5.74, 6) is -2.96. The Balaban J connectivity index is 2.97. The molecule has 1 aliphatic carbocycles. The number of carbonyl (C=O) groups is 1. The minimum atomic E-state index is -2.07. The molecule has 0 aromatic rings. The van der Waals surface area contributed by atoms with Crippen LogP contribution in [0.2, 0.25) is 0 Å². The average molecular weight is 166 g/mol. The molecule has 0 aliphatic heterocycles. The van der Waals surface area contributed by atoms with E-state index in [4.69, 9.17) is 0 Å². The fraction of sp³-hybridized carbons (Fsp3) is 0.222. The molecule has 0 aromatic heterocycles. The van der Waals surface area contributed by atoms with Crippen molar-refractivity contribution >= 4 is 6.29 Å². The number of hydrogen-bond donors (Lipinski definition) is 2. The van der Waals surface area contributed by atoms with Gasteiger partial charge >= 0.3 is 0 Å². The fourth-order valence-corrected chi connectivity index (χ4v) is 1.02. The van der Waals surface area contributed by atoms with Gasteiger partial charge in [-0.3, -0.25) is 0 Å². The van der Waals surface area contributed by atoms with Crippen molar-refractivity contribution in [1.82, 2.24) is 0 Å². The van der Waals surface area contributed by atoms with E-state index in [1.165, 1.54) is 18.2 Å². The Hall–Kier alpha value is -1.19. The van der Waals surface area contributed by atoms with E-state index >= 15 is 0 Å². The zero-order valence-electron chi connectivity index (χ0n) is 6.47. The van der Waals surface area contributed by atoms with Crippen molar-refractivity contribution in [2.24, 2.45) is 5.92 Å². The molecule has 0 saturated carbocycles. The van der Waals surface area contributed by atoms with Gasteiger partial charge in [0.2, 0.25) is 0 Å². The summed E-state index contributed by atoms with van der Waals surface area (Å²) in [5, 5.41) is 18.6. The van der Waals surface area contributed by atoms with E-state index in [1.807, 2.05) is 0 Å². The summed E-state index contributed by atoms with van der Waals surface area (Å²) in [6.45, 7) is 3.47. The molecule has 3 nitrogen and oxygen atoms in total. The van der Waals surface area contributed by atoms with Gasteiger partial charge in [-0.05, 0) is 11.6 Å². The third-order valence-corrected chi connectivity index (χ3v) is 1.75. The quantitative estimate of drug-likeness (QED) is 0.454. The first-order valence-electron chi connectivity index (χ1n) is 3.53. The summed E-state index contributed by atoms with van der Waals surface area (Å²) in [7, 11) is 0. The van der Waals surface area contributed by atoms with Gasteiger partial charge in [-0.2, -0.15) is 0 Å². The highest BCUT2D eigenvalue weighted by Gasteiger charge is 2.32. The Morgan fingerprint density at radius 3 is 2.67 bits per heavy atom. The first kappa shape index (κ1) is 8.90. The Labute approximate surface area is 70.3 Å². The van der Waals surface area contributed by atoms with Crippen molar-refractivity contribution in [3.05, 3.63) is 36.5 Å². The standard InChI is InChI=1S/C9H10O3/c1-2-7-3-4-8(6-10)9(11,12)5-7/h2-6,8,11-12H,1H2. The second-order valence-corrected chi connectivity index (χ2v) is 2.65. The van der Waals surface area contributed by atoms with Gasteiger partial charge in [0.1, 0.15) is 6.29 Å². The fourth-order valence-electron chi connectivity index (χ4n) is 1.02. The van der Waals surface area contributed by atoms with Crippen LogP contribution in [-0.4, -0.2) is 22.3 Å². The number of aliphatic hydroxyl groups is 2. The van der Waals surface area contributed by atoms with Crippen LogP contribution < -0.4 is 0 Å². The monoisotopic (exact) mass is 166 g/mol. The van der Waals surface area contributed by atoms with Crippen molar-refractivity contribution < 1.29 is 15.0 Å². The summed E-state index contributed by atoms with van der Waals surface area (Å²) in [4.78, 5) is 10.3. The van der Waals surface area contributed by atoms with Crippen LogP contribution in [0.5, 0.6) is 0 Å². The summed E-state index contributed by atoms with van der Waals surface area (Å²) in [6, 6.07) is 0. The molecule has 0 spiro atoms. The van der Waals surface area contributed by atoms with Crippen LogP contribution in [0.25, 0.3) is 0 Å². The van der Waals surface area contributed by atoms with Crippen LogP contribution in [0, 0.1) is 5.92 Å². The third-order valence-electron chi connectivity index (χ3n) is 1.75. The van der Waals surface area contributed by atoms with Crippen LogP contribution in [0.1, 0.15) is 0 Å². The Kier molecular flexibility index (Phi) is 2.26. The topological polar surface area (TPSA) is 57.5 Å². The van der Waals surface area contributed by atoms with Crippen LogP contribution in [-0.2, 0) is 4.79 Å². The normalized spacial score (nSPS) is 26.2. The molecule has 1 rings (SSSR count).